The lowest BCUT2D eigenvalue weighted by molar-refractivity contribution is -0.145. The fourth-order valence-electron chi connectivity index (χ4n) is 1.23. The van der Waals surface area contributed by atoms with Crippen molar-refractivity contribution >= 4 is 11.9 Å². The maximum atomic E-state index is 11.1. The predicted molar refractivity (Wildman–Crippen MR) is 57.3 cm³/mol. The second-order valence-electron chi connectivity index (χ2n) is 3.21. The summed E-state index contributed by atoms with van der Waals surface area (Å²) in [5.74, 6) is -1.51. The van der Waals surface area contributed by atoms with Crippen molar-refractivity contribution < 1.29 is 19.4 Å². The summed E-state index contributed by atoms with van der Waals surface area (Å²) in [5.41, 5.74) is 5.32. The standard InChI is InChI=1S/C11H13NO4/c1-2-8(11(14)15)16-9-6-4-3-5-7(9)10(12)13/h3-6,8H,2H2,1H3,(H2,12,13)(H,14,15)/t8-/m1/s1. The number of hydrogen-bond donors (Lipinski definition) is 2. The van der Waals surface area contributed by atoms with Crippen LogP contribution in [-0.4, -0.2) is 23.1 Å². The van der Waals surface area contributed by atoms with Crippen LogP contribution in [0.5, 0.6) is 5.75 Å². The lowest BCUT2D eigenvalue weighted by atomic mass is 10.2. The Morgan fingerprint density at radius 2 is 2.06 bits per heavy atom. The molecule has 1 atom stereocenters. The van der Waals surface area contributed by atoms with Crippen LogP contribution < -0.4 is 10.5 Å². The molecule has 5 heteroatoms. The number of carboxylic acid groups (broad SMARTS) is 1. The van der Waals surface area contributed by atoms with Crippen LogP contribution in [0.25, 0.3) is 0 Å². The van der Waals surface area contributed by atoms with E-state index in [4.69, 9.17) is 15.6 Å². The average Bonchev–Trinajstić information content (AvgIpc) is 2.25. The molecule has 0 bridgehead atoms. The third-order valence-corrected chi connectivity index (χ3v) is 2.07. The summed E-state index contributed by atoms with van der Waals surface area (Å²) in [7, 11) is 0. The topological polar surface area (TPSA) is 89.6 Å². The SMILES string of the molecule is CC[C@@H](Oc1ccccc1C(N)=O)C(=O)O. The molecular formula is C11H13NO4. The number of nitrogens with two attached hydrogens (primary N) is 1. The van der Waals surface area contributed by atoms with Crippen LogP contribution in [-0.2, 0) is 4.79 Å². The van der Waals surface area contributed by atoms with Gasteiger partial charge in [0.15, 0.2) is 6.10 Å². The van der Waals surface area contributed by atoms with Crippen LogP contribution in [0.15, 0.2) is 24.3 Å². The molecule has 5 nitrogen and oxygen atoms in total. The Balaban J connectivity index is 2.95. The van der Waals surface area contributed by atoms with E-state index >= 15 is 0 Å². The van der Waals surface area contributed by atoms with Gasteiger partial charge in [-0.1, -0.05) is 19.1 Å². The molecule has 0 heterocycles. The summed E-state index contributed by atoms with van der Waals surface area (Å²) >= 11 is 0. The summed E-state index contributed by atoms with van der Waals surface area (Å²) < 4.78 is 5.22. The van der Waals surface area contributed by atoms with Crippen molar-refractivity contribution in [2.45, 2.75) is 19.4 Å². The van der Waals surface area contributed by atoms with E-state index in [-0.39, 0.29) is 11.3 Å². The molecule has 0 spiro atoms. The van der Waals surface area contributed by atoms with Crippen LogP contribution >= 0.6 is 0 Å². The first-order chi connectivity index (χ1) is 7.56. The lowest BCUT2D eigenvalue weighted by Gasteiger charge is -2.14. The van der Waals surface area contributed by atoms with Gasteiger partial charge in [0.25, 0.3) is 5.91 Å². The normalized spacial score (nSPS) is 11.8. The number of primary amides is 1. The Morgan fingerprint density at radius 1 is 1.44 bits per heavy atom. The first kappa shape index (κ1) is 12.0. The number of ether oxygens (including phenoxy) is 1. The summed E-state index contributed by atoms with van der Waals surface area (Å²) in [6.07, 6.45) is -0.664. The van der Waals surface area contributed by atoms with Crippen molar-refractivity contribution in [2.24, 2.45) is 5.73 Å². The number of benzene rings is 1. The van der Waals surface area contributed by atoms with Crippen LogP contribution in [0.3, 0.4) is 0 Å². The summed E-state index contributed by atoms with van der Waals surface area (Å²) in [6.45, 7) is 1.69. The molecule has 1 aromatic rings. The molecule has 0 unspecified atom stereocenters. The number of carboxylic acids is 1. The average molecular weight is 223 g/mol. The van der Waals surface area contributed by atoms with Gasteiger partial charge in [-0.15, -0.1) is 0 Å². The number of carbonyl (C=O) groups excluding carboxylic acids is 1. The van der Waals surface area contributed by atoms with Gasteiger partial charge in [0, 0.05) is 0 Å². The Labute approximate surface area is 92.8 Å². The molecule has 0 aliphatic carbocycles. The Hall–Kier alpha value is -2.04. The molecule has 1 aromatic carbocycles. The zero-order valence-corrected chi connectivity index (χ0v) is 8.84. The molecule has 16 heavy (non-hydrogen) atoms. The maximum absolute atomic E-state index is 11.1. The molecule has 86 valence electrons. The number of para-hydroxylation sites is 1. The number of aliphatic carboxylic acids is 1. The van der Waals surface area contributed by atoms with E-state index < -0.39 is 18.0 Å². The Bertz CT molecular complexity index is 403. The molecule has 0 aliphatic heterocycles. The van der Waals surface area contributed by atoms with E-state index in [1.165, 1.54) is 12.1 Å². The second-order valence-corrected chi connectivity index (χ2v) is 3.21. The van der Waals surface area contributed by atoms with Gasteiger partial charge in [-0.25, -0.2) is 4.79 Å². The molecule has 0 aliphatic rings. The molecule has 0 aromatic heterocycles. The van der Waals surface area contributed by atoms with Gasteiger partial charge in [0.2, 0.25) is 0 Å². The van der Waals surface area contributed by atoms with Crippen LogP contribution in [0.4, 0.5) is 0 Å². The minimum absolute atomic E-state index is 0.183. The zero-order valence-electron chi connectivity index (χ0n) is 8.84. The van der Waals surface area contributed by atoms with E-state index in [0.29, 0.717) is 6.42 Å². The van der Waals surface area contributed by atoms with Gasteiger partial charge in [-0.3, -0.25) is 4.79 Å². The highest BCUT2D eigenvalue weighted by molar-refractivity contribution is 5.95. The van der Waals surface area contributed by atoms with E-state index in [9.17, 15) is 9.59 Å². The van der Waals surface area contributed by atoms with Crippen molar-refractivity contribution in [3.63, 3.8) is 0 Å². The van der Waals surface area contributed by atoms with Crippen molar-refractivity contribution in [3.8, 4) is 5.75 Å². The molecule has 0 saturated carbocycles. The largest absolute Gasteiger partial charge is 0.479 e. The highest BCUT2D eigenvalue weighted by Crippen LogP contribution is 2.19. The molecule has 0 saturated heterocycles. The Kier molecular flexibility index (Phi) is 3.88. The van der Waals surface area contributed by atoms with E-state index in [1.807, 2.05) is 0 Å². The molecule has 0 fully saturated rings. The zero-order chi connectivity index (χ0) is 12.1. The molecular weight excluding hydrogens is 210 g/mol. The Morgan fingerprint density at radius 3 is 2.56 bits per heavy atom. The fraction of sp³-hybridized carbons (Fsp3) is 0.273. The van der Waals surface area contributed by atoms with Gasteiger partial charge in [0.05, 0.1) is 5.56 Å². The number of carbonyl (C=O) groups is 2. The van der Waals surface area contributed by atoms with Gasteiger partial charge < -0.3 is 15.6 Å². The first-order valence-electron chi connectivity index (χ1n) is 4.84. The van der Waals surface area contributed by atoms with Crippen LogP contribution in [0, 0.1) is 0 Å². The van der Waals surface area contributed by atoms with Gasteiger partial charge in [-0.05, 0) is 18.6 Å². The summed E-state index contributed by atoms with van der Waals surface area (Å²) in [5, 5.41) is 8.82. The van der Waals surface area contributed by atoms with Crippen molar-refractivity contribution in [1.82, 2.24) is 0 Å². The van der Waals surface area contributed by atoms with Crippen LogP contribution in [0.1, 0.15) is 23.7 Å². The van der Waals surface area contributed by atoms with Crippen molar-refractivity contribution in [1.29, 1.82) is 0 Å². The van der Waals surface area contributed by atoms with E-state index in [1.54, 1.807) is 19.1 Å². The quantitative estimate of drug-likeness (QED) is 0.780. The van der Waals surface area contributed by atoms with E-state index in [2.05, 4.69) is 0 Å². The minimum atomic E-state index is -1.07. The molecule has 1 rings (SSSR count). The molecule has 0 radical (unpaired) electrons. The second kappa shape index (κ2) is 5.16. The maximum Gasteiger partial charge on any atom is 0.344 e. The summed E-state index contributed by atoms with van der Waals surface area (Å²) in [4.78, 5) is 21.8. The third-order valence-electron chi connectivity index (χ3n) is 2.07. The van der Waals surface area contributed by atoms with Crippen molar-refractivity contribution in [3.05, 3.63) is 29.8 Å². The highest BCUT2D eigenvalue weighted by Gasteiger charge is 2.19. The summed E-state index contributed by atoms with van der Waals surface area (Å²) in [6, 6.07) is 6.29. The van der Waals surface area contributed by atoms with Gasteiger partial charge in [0.1, 0.15) is 5.75 Å². The lowest BCUT2D eigenvalue weighted by Crippen LogP contribution is -2.27. The molecule has 1 amide bonds. The minimum Gasteiger partial charge on any atom is -0.479 e. The van der Waals surface area contributed by atoms with Crippen molar-refractivity contribution in [2.75, 3.05) is 0 Å². The predicted octanol–water partition coefficient (Wildman–Crippen LogP) is 1.03. The van der Waals surface area contributed by atoms with Gasteiger partial charge >= 0.3 is 5.97 Å². The van der Waals surface area contributed by atoms with Gasteiger partial charge in [-0.2, -0.15) is 0 Å². The number of amides is 1. The van der Waals surface area contributed by atoms with Crippen LogP contribution in [0.2, 0.25) is 0 Å². The monoisotopic (exact) mass is 223 g/mol. The van der Waals surface area contributed by atoms with E-state index in [0.717, 1.165) is 0 Å². The molecule has 3 N–H and O–H groups in total. The third kappa shape index (κ3) is 2.73. The number of rotatable bonds is 5. The smallest absolute Gasteiger partial charge is 0.344 e. The number of hydrogen-bond acceptors (Lipinski definition) is 3. The first-order valence-corrected chi connectivity index (χ1v) is 4.84. The fourth-order valence-corrected chi connectivity index (χ4v) is 1.23. The highest BCUT2D eigenvalue weighted by atomic mass is 16.5.